The van der Waals surface area contributed by atoms with Crippen molar-refractivity contribution in [3.05, 3.63) is 29.8 Å². The summed E-state index contributed by atoms with van der Waals surface area (Å²) in [5.41, 5.74) is 0.785. The number of rotatable bonds is 2. The Bertz CT molecular complexity index is 643. The van der Waals surface area contributed by atoms with Gasteiger partial charge in [0.15, 0.2) is 14.6 Å². The third kappa shape index (κ3) is 2.00. The number of nitriles is 1. The van der Waals surface area contributed by atoms with Crippen LogP contribution in [0.5, 0.6) is 0 Å². The molecule has 1 aromatic carbocycles. The minimum atomic E-state index is -4.67. The van der Waals surface area contributed by atoms with E-state index in [-0.39, 0.29) is 4.90 Å². The predicted molar refractivity (Wildman–Crippen MR) is 60.9 cm³/mol. The molecular formula is C12H10F3NO2S. The van der Waals surface area contributed by atoms with Crippen molar-refractivity contribution in [2.75, 3.05) is 0 Å². The highest BCUT2D eigenvalue weighted by molar-refractivity contribution is 7.93. The summed E-state index contributed by atoms with van der Waals surface area (Å²) in [4.78, 5) is -0.244. The number of alkyl halides is 3. The van der Waals surface area contributed by atoms with E-state index in [1.54, 1.807) is 6.92 Å². The van der Waals surface area contributed by atoms with Crippen molar-refractivity contribution < 1.29 is 21.6 Å². The fourth-order valence-electron chi connectivity index (χ4n) is 2.03. The summed E-state index contributed by atoms with van der Waals surface area (Å²) in [6.07, 6.45) is -5.36. The molecule has 1 aliphatic rings. The van der Waals surface area contributed by atoms with Gasteiger partial charge in [-0.2, -0.15) is 18.4 Å². The Balaban J connectivity index is 2.47. The number of sulfone groups is 1. The van der Waals surface area contributed by atoms with Crippen molar-refractivity contribution in [2.24, 2.45) is 5.92 Å². The molecule has 0 spiro atoms. The first-order chi connectivity index (χ1) is 8.65. The zero-order valence-electron chi connectivity index (χ0n) is 9.90. The first-order valence-corrected chi connectivity index (χ1v) is 6.93. The summed E-state index contributed by atoms with van der Waals surface area (Å²) in [6.45, 7) is 1.73. The molecule has 0 radical (unpaired) electrons. The number of nitrogens with zero attached hydrogens (tertiary/aromatic N) is 1. The van der Waals surface area contributed by atoms with E-state index in [0.717, 1.165) is 5.56 Å². The van der Waals surface area contributed by atoms with Gasteiger partial charge in [-0.15, -0.1) is 0 Å². The van der Waals surface area contributed by atoms with Crippen LogP contribution in [-0.4, -0.2) is 19.3 Å². The summed E-state index contributed by atoms with van der Waals surface area (Å²) in [6, 6.07) is 6.80. The molecule has 0 amide bonds. The van der Waals surface area contributed by atoms with Crippen LogP contribution in [0.2, 0.25) is 0 Å². The predicted octanol–water partition coefficient (Wildman–Crippen LogP) is 2.61. The van der Waals surface area contributed by atoms with Crippen LogP contribution in [0, 0.1) is 24.2 Å². The lowest BCUT2D eigenvalue weighted by Gasteiger charge is -2.12. The first kappa shape index (κ1) is 13.9. The van der Waals surface area contributed by atoms with Crippen molar-refractivity contribution in [3.8, 4) is 6.07 Å². The van der Waals surface area contributed by atoms with Gasteiger partial charge in [-0.05, 0) is 25.5 Å². The van der Waals surface area contributed by atoms with Gasteiger partial charge in [-0.25, -0.2) is 8.42 Å². The lowest BCUT2D eigenvalue weighted by atomic mass is 10.2. The van der Waals surface area contributed by atoms with E-state index < -0.39 is 33.1 Å². The normalized spacial score (nSPS) is 26.8. The quantitative estimate of drug-likeness (QED) is 0.841. The van der Waals surface area contributed by atoms with Crippen LogP contribution in [0.1, 0.15) is 12.0 Å². The number of hydrogen-bond donors (Lipinski definition) is 0. The fraction of sp³-hybridized carbons (Fsp3) is 0.417. The van der Waals surface area contributed by atoms with E-state index in [2.05, 4.69) is 0 Å². The largest absolute Gasteiger partial charge is 0.394 e. The van der Waals surface area contributed by atoms with Crippen molar-refractivity contribution in [1.29, 1.82) is 5.26 Å². The lowest BCUT2D eigenvalue weighted by molar-refractivity contribution is -0.148. The van der Waals surface area contributed by atoms with Gasteiger partial charge in [-0.3, -0.25) is 0 Å². The Labute approximate surface area is 108 Å². The zero-order valence-corrected chi connectivity index (χ0v) is 10.7. The lowest BCUT2D eigenvalue weighted by Crippen LogP contribution is -2.29. The molecule has 1 fully saturated rings. The molecule has 3 nitrogen and oxygen atoms in total. The first-order valence-electron chi connectivity index (χ1n) is 5.44. The Morgan fingerprint density at radius 3 is 2.21 bits per heavy atom. The Kier molecular flexibility index (Phi) is 2.90. The molecule has 19 heavy (non-hydrogen) atoms. The molecule has 0 aliphatic heterocycles. The molecule has 2 atom stereocenters. The Morgan fingerprint density at radius 2 is 1.84 bits per heavy atom. The third-order valence-electron chi connectivity index (χ3n) is 3.31. The second-order valence-electron chi connectivity index (χ2n) is 4.62. The summed E-state index contributed by atoms with van der Waals surface area (Å²) in [5.74, 6) is -2.10. The minimum Gasteiger partial charge on any atom is -0.222 e. The van der Waals surface area contributed by atoms with E-state index in [4.69, 9.17) is 5.26 Å². The van der Waals surface area contributed by atoms with Crippen LogP contribution >= 0.6 is 0 Å². The molecule has 0 saturated heterocycles. The summed E-state index contributed by atoms with van der Waals surface area (Å²) < 4.78 is 59.9. The van der Waals surface area contributed by atoms with Crippen LogP contribution in [0.4, 0.5) is 13.2 Å². The highest BCUT2D eigenvalue weighted by Crippen LogP contribution is 2.59. The van der Waals surface area contributed by atoms with Crippen LogP contribution in [0.25, 0.3) is 0 Å². The molecule has 2 unspecified atom stereocenters. The van der Waals surface area contributed by atoms with Gasteiger partial charge in [0.1, 0.15) is 0 Å². The van der Waals surface area contributed by atoms with Crippen molar-refractivity contribution >= 4 is 9.84 Å². The summed E-state index contributed by atoms with van der Waals surface area (Å²) in [7, 11) is -4.31. The van der Waals surface area contributed by atoms with E-state index in [9.17, 15) is 21.6 Å². The zero-order chi connectivity index (χ0) is 14.5. The third-order valence-corrected chi connectivity index (χ3v) is 5.70. The molecule has 2 rings (SSSR count). The minimum absolute atomic E-state index is 0.244. The van der Waals surface area contributed by atoms with Crippen LogP contribution in [-0.2, 0) is 9.84 Å². The molecule has 0 aromatic heterocycles. The van der Waals surface area contributed by atoms with Crippen molar-refractivity contribution in [2.45, 2.75) is 29.2 Å². The Hall–Kier alpha value is -1.55. The molecule has 0 N–H and O–H groups in total. The van der Waals surface area contributed by atoms with Gasteiger partial charge in [0.2, 0.25) is 0 Å². The Morgan fingerprint density at radius 1 is 1.32 bits per heavy atom. The molecule has 1 aliphatic carbocycles. The van der Waals surface area contributed by atoms with Gasteiger partial charge < -0.3 is 0 Å². The number of hydrogen-bond acceptors (Lipinski definition) is 3. The number of halogens is 3. The summed E-state index contributed by atoms with van der Waals surface area (Å²) in [5, 5.41) is 8.91. The van der Waals surface area contributed by atoms with Gasteiger partial charge in [0.25, 0.3) is 0 Å². The average molecular weight is 289 g/mol. The molecule has 0 heterocycles. The van der Waals surface area contributed by atoms with Crippen molar-refractivity contribution in [1.82, 2.24) is 0 Å². The van der Waals surface area contributed by atoms with Gasteiger partial charge in [0, 0.05) is 0 Å². The van der Waals surface area contributed by atoms with Crippen molar-refractivity contribution in [3.63, 3.8) is 0 Å². The molecule has 102 valence electrons. The molecule has 1 aromatic rings. The second-order valence-corrected chi connectivity index (χ2v) is 6.82. The van der Waals surface area contributed by atoms with E-state index in [0.29, 0.717) is 0 Å². The van der Waals surface area contributed by atoms with Crippen LogP contribution in [0.3, 0.4) is 0 Å². The standard InChI is InChI=1S/C12H10F3NO2S/c1-8-2-4-9(5-3-8)19(17,18)11(7-16)6-10(11)12(13,14)15/h2-5,10H,6H2,1H3. The molecule has 1 saturated carbocycles. The van der Waals surface area contributed by atoms with E-state index in [1.165, 1.54) is 30.3 Å². The molecule has 7 heteroatoms. The van der Waals surface area contributed by atoms with Gasteiger partial charge >= 0.3 is 6.18 Å². The SMILES string of the molecule is Cc1ccc(S(=O)(=O)C2(C#N)CC2C(F)(F)F)cc1. The maximum atomic E-state index is 12.6. The van der Waals surface area contributed by atoms with Gasteiger partial charge in [0.05, 0.1) is 16.9 Å². The van der Waals surface area contributed by atoms with Crippen LogP contribution < -0.4 is 0 Å². The van der Waals surface area contributed by atoms with Crippen LogP contribution in [0.15, 0.2) is 29.2 Å². The molecular weight excluding hydrogens is 279 g/mol. The van der Waals surface area contributed by atoms with Gasteiger partial charge in [-0.1, -0.05) is 17.7 Å². The number of benzene rings is 1. The maximum absolute atomic E-state index is 12.6. The average Bonchev–Trinajstić information content (AvgIpc) is 3.05. The smallest absolute Gasteiger partial charge is 0.222 e. The molecule has 0 bridgehead atoms. The fourth-order valence-corrected chi connectivity index (χ4v) is 3.96. The topological polar surface area (TPSA) is 57.9 Å². The van der Waals surface area contributed by atoms with E-state index >= 15 is 0 Å². The van der Waals surface area contributed by atoms with E-state index in [1.807, 2.05) is 0 Å². The monoisotopic (exact) mass is 289 g/mol. The second kappa shape index (κ2) is 3.97. The number of aryl methyl sites for hydroxylation is 1. The highest BCUT2D eigenvalue weighted by Gasteiger charge is 2.74. The highest BCUT2D eigenvalue weighted by atomic mass is 32.2. The summed E-state index contributed by atoms with van der Waals surface area (Å²) >= 11 is 0. The maximum Gasteiger partial charge on any atom is 0.394 e.